The minimum absolute atomic E-state index is 0. The quantitative estimate of drug-likeness (QED) is 0.624. The summed E-state index contributed by atoms with van der Waals surface area (Å²) in [5, 5.41) is 3.59. The SMILES string of the molecule is C1=CC[N-]N=C1.[Re]. The second kappa shape index (κ2) is 4.04. The van der Waals surface area contributed by atoms with E-state index in [1.165, 1.54) is 0 Å². The molecule has 0 saturated heterocycles. The van der Waals surface area contributed by atoms with Crippen molar-refractivity contribution in [2.45, 2.75) is 0 Å². The molecule has 0 spiro atoms. The van der Waals surface area contributed by atoms with Crippen LogP contribution in [0.15, 0.2) is 17.3 Å². The molecule has 1 heterocycles. The van der Waals surface area contributed by atoms with Crippen LogP contribution in [0.4, 0.5) is 0 Å². The third kappa shape index (κ3) is 2.55. The molecule has 0 aliphatic carbocycles. The zero-order chi connectivity index (χ0) is 4.24. The second-order valence-electron chi connectivity index (χ2n) is 1.02. The first-order valence-electron chi connectivity index (χ1n) is 1.85. The van der Waals surface area contributed by atoms with E-state index < -0.39 is 0 Å². The molecule has 1 aliphatic rings. The first kappa shape index (κ1) is 6.87. The van der Waals surface area contributed by atoms with Crippen LogP contribution in [0, 0.1) is 0 Å². The number of nitrogens with zero attached hydrogens (tertiary/aromatic N) is 2. The molecule has 0 aromatic rings. The average Bonchev–Trinajstić information content (AvgIpc) is 1.72. The summed E-state index contributed by atoms with van der Waals surface area (Å²) in [5.74, 6) is 0. The molecule has 0 N–H and O–H groups in total. The fraction of sp³-hybridized carbons (Fsp3) is 0.250. The summed E-state index contributed by atoms with van der Waals surface area (Å²) < 4.78 is 0. The van der Waals surface area contributed by atoms with Gasteiger partial charge < -0.3 is 10.5 Å². The van der Waals surface area contributed by atoms with Gasteiger partial charge in [-0.3, -0.25) is 0 Å². The van der Waals surface area contributed by atoms with Crippen LogP contribution in [-0.4, -0.2) is 12.8 Å². The fourth-order valence-electron chi connectivity index (χ4n) is 0.302. The molecule has 39 valence electrons. The third-order valence-electron chi connectivity index (χ3n) is 0.558. The Bertz CT molecular complexity index is 75.7. The minimum atomic E-state index is 0. The van der Waals surface area contributed by atoms with Crippen LogP contribution < -0.4 is 0 Å². The molecule has 0 aromatic carbocycles. The van der Waals surface area contributed by atoms with Gasteiger partial charge in [0, 0.05) is 26.6 Å². The van der Waals surface area contributed by atoms with E-state index in [4.69, 9.17) is 0 Å². The zero-order valence-corrected chi connectivity index (χ0v) is 6.43. The van der Waals surface area contributed by atoms with Crippen molar-refractivity contribution in [3.05, 3.63) is 17.6 Å². The molecule has 7 heavy (non-hydrogen) atoms. The first-order valence-corrected chi connectivity index (χ1v) is 1.85. The summed E-state index contributed by atoms with van der Waals surface area (Å²) in [6.07, 6.45) is 5.50. The summed E-state index contributed by atoms with van der Waals surface area (Å²) >= 11 is 0. The van der Waals surface area contributed by atoms with E-state index in [-0.39, 0.29) is 20.4 Å². The van der Waals surface area contributed by atoms with Gasteiger partial charge in [0.2, 0.25) is 0 Å². The van der Waals surface area contributed by atoms with Crippen molar-refractivity contribution in [1.29, 1.82) is 0 Å². The van der Waals surface area contributed by atoms with Crippen molar-refractivity contribution < 1.29 is 20.4 Å². The van der Waals surface area contributed by atoms with Crippen molar-refractivity contribution in [1.82, 2.24) is 0 Å². The van der Waals surface area contributed by atoms with Gasteiger partial charge in [-0.25, -0.2) is 0 Å². The average molecular weight is 267 g/mol. The number of rotatable bonds is 0. The van der Waals surface area contributed by atoms with E-state index in [0.717, 1.165) is 6.54 Å². The summed E-state index contributed by atoms with van der Waals surface area (Å²) in [6.45, 7) is 0.747. The van der Waals surface area contributed by atoms with Gasteiger partial charge in [0.05, 0.1) is 0 Å². The summed E-state index contributed by atoms with van der Waals surface area (Å²) in [7, 11) is 0. The van der Waals surface area contributed by atoms with E-state index in [2.05, 4.69) is 10.5 Å². The Morgan fingerprint density at radius 2 is 2.43 bits per heavy atom. The summed E-state index contributed by atoms with van der Waals surface area (Å²) in [4.78, 5) is 0. The van der Waals surface area contributed by atoms with Gasteiger partial charge in [-0.05, 0) is 0 Å². The molecule has 0 bridgehead atoms. The smallest absolute Gasteiger partial charge is 0.00310 e. The molecule has 0 fully saturated rings. The monoisotopic (exact) mass is 268 g/mol. The first-order chi connectivity index (χ1) is 3.00. The maximum absolute atomic E-state index is 3.66. The van der Waals surface area contributed by atoms with Gasteiger partial charge in [0.1, 0.15) is 0 Å². The van der Waals surface area contributed by atoms with Gasteiger partial charge in [0.25, 0.3) is 0 Å². The Morgan fingerprint density at radius 3 is 2.57 bits per heavy atom. The van der Waals surface area contributed by atoms with E-state index in [0.29, 0.717) is 0 Å². The van der Waals surface area contributed by atoms with E-state index >= 15 is 0 Å². The molecular formula is C4H5N2Re-. The molecule has 0 saturated carbocycles. The van der Waals surface area contributed by atoms with Crippen LogP contribution in [0.1, 0.15) is 0 Å². The van der Waals surface area contributed by atoms with Gasteiger partial charge >= 0.3 is 0 Å². The van der Waals surface area contributed by atoms with Gasteiger partial charge in [-0.15, -0.1) is 0 Å². The molecule has 3 heteroatoms. The largest absolute Gasteiger partial charge is 0.599 e. The Balaban J connectivity index is 0.000000360. The molecule has 1 aliphatic heterocycles. The van der Waals surface area contributed by atoms with Crippen LogP contribution in [0.3, 0.4) is 0 Å². The summed E-state index contributed by atoms with van der Waals surface area (Å²) in [5.41, 5.74) is 3.66. The van der Waals surface area contributed by atoms with Crippen LogP contribution in [0.2, 0.25) is 0 Å². The van der Waals surface area contributed by atoms with Crippen LogP contribution >= 0.6 is 0 Å². The Labute approximate surface area is 56.3 Å². The van der Waals surface area contributed by atoms with Gasteiger partial charge in [-0.1, -0.05) is 18.7 Å². The predicted molar refractivity (Wildman–Crippen MR) is 25.9 cm³/mol. The molecule has 0 aromatic heterocycles. The maximum atomic E-state index is 3.66. The van der Waals surface area contributed by atoms with E-state index in [1.807, 2.05) is 12.2 Å². The van der Waals surface area contributed by atoms with Crippen molar-refractivity contribution in [2.24, 2.45) is 5.10 Å². The van der Waals surface area contributed by atoms with Crippen molar-refractivity contribution in [3.8, 4) is 0 Å². The fourth-order valence-corrected chi connectivity index (χ4v) is 0.302. The van der Waals surface area contributed by atoms with E-state index in [9.17, 15) is 0 Å². The topological polar surface area (TPSA) is 26.5 Å². The van der Waals surface area contributed by atoms with Gasteiger partial charge in [0.15, 0.2) is 0 Å². The maximum Gasteiger partial charge on any atom is 0.00310 e. The van der Waals surface area contributed by atoms with Crippen LogP contribution in [-0.2, 0) is 20.4 Å². The molecule has 2 nitrogen and oxygen atoms in total. The normalized spacial score (nSPS) is 14.9. The predicted octanol–water partition coefficient (Wildman–Crippen LogP) is 0.913. The summed E-state index contributed by atoms with van der Waals surface area (Å²) in [6, 6.07) is 0. The zero-order valence-electron chi connectivity index (χ0n) is 3.71. The van der Waals surface area contributed by atoms with Gasteiger partial charge in [-0.2, -0.15) is 0 Å². The van der Waals surface area contributed by atoms with Crippen molar-refractivity contribution in [2.75, 3.05) is 6.54 Å². The molecule has 0 amide bonds. The molecule has 1 rings (SSSR count). The Kier molecular flexibility index (Phi) is 3.97. The molecule has 0 unspecified atom stereocenters. The van der Waals surface area contributed by atoms with E-state index in [1.54, 1.807) is 6.21 Å². The number of allylic oxidation sites excluding steroid dienone is 1. The molecule has 0 atom stereocenters. The number of hydrogen-bond donors (Lipinski definition) is 0. The minimum Gasteiger partial charge on any atom is -0.599 e. The Morgan fingerprint density at radius 1 is 1.57 bits per heavy atom. The third-order valence-corrected chi connectivity index (χ3v) is 0.558. The van der Waals surface area contributed by atoms with Crippen LogP contribution in [0.5, 0.6) is 0 Å². The molecule has 1 radical (unpaired) electrons. The van der Waals surface area contributed by atoms with Crippen molar-refractivity contribution >= 4 is 6.21 Å². The Hall–Kier alpha value is -0.128. The molecular weight excluding hydrogens is 262 g/mol. The standard InChI is InChI=1S/C4H5N2.Re/c1-2-4-6-5-3-1;/h1-3H,4H2;/q-1;. The number of hydrogen-bond acceptors (Lipinski definition) is 1. The van der Waals surface area contributed by atoms with Crippen molar-refractivity contribution in [3.63, 3.8) is 0 Å². The van der Waals surface area contributed by atoms with Crippen LogP contribution in [0.25, 0.3) is 5.43 Å². The second-order valence-corrected chi connectivity index (χ2v) is 1.02.